The first-order valence-corrected chi connectivity index (χ1v) is 11.2. The van der Waals surface area contributed by atoms with Crippen molar-refractivity contribution in [3.8, 4) is 5.75 Å². The van der Waals surface area contributed by atoms with Crippen LogP contribution in [0.3, 0.4) is 0 Å². The molecule has 0 bridgehead atoms. The van der Waals surface area contributed by atoms with Crippen LogP contribution in [0.1, 0.15) is 66.9 Å². The highest BCUT2D eigenvalue weighted by molar-refractivity contribution is 5.94. The number of allylic oxidation sites excluding steroid dienone is 6. The van der Waals surface area contributed by atoms with Crippen molar-refractivity contribution in [2.75, 3.05) is 6.61 Å². The minimum Gasteiger partial charge on any atom is -0.493 e. The Morgan fingerprint density at radius 2 is 1.97 bits per heavy atom. The maximum atomic E-state index is 13.1. The van der Waals surface area contributed by atoms with Gasteiger partial charge in [0.1, 0.15) is 17.2 Å². The van der Waals surface area contributed by atoms with E-state index in [0.717, 1.165) is 23.2 Å². The topological polar surface area (TPSA) is 88.4 Å². The van der Waals surface area contributed by atoms with E-state index in [4.69, 9.17) is 14.3 Å². The third-order valence-corrected chi connectivity index (χ3v) is 5.69. The molecule has 0 unspecified atom stereocenters. The Hall–Kier alpha value is -3.75. The van der Waals surface area contributed by atoms with E-state index in [9.17, 15) is 18.0 Å². The molecular weight excluding hydrogens is 461 g/mol. The zero-order chi connectivity index (χ0) is 25.3. The van der Waals surface area contributed by atoms with E-state index < -0.39 is 17.7 Å². The molecule has 9 heteroatoms. The highest BCUT2D eigenvalue weighted by atomic mass is 19.4. The first-order valence-electron chi connectivity index (χ1n) is 11.2. The zero-order valence-electron chi connectivity index (χ0n) is 19.4. The van der Waals surface area contributed by atoms with Crippen molar-refractivity contribution in [3.05, 3.63) is 77.2 Å². The molecule has 3 aromatic rings. The van der Waals surface area contributed by atoms with E-state index in [1.165, 1.54) is 6.08 Å². The van der Waals surface area contributed by atoms with Gasteiger partial charge in [-0.25, -0.2) is 9.78 Å². The fourth-order valence-corrected chi connectivity index (χ4v) is 3.84. The van der Waals surface area contributed by atoms with Gasteiger partial charge in [-0.3, -0.25) is 0 Å². The number of alkyl halides is 3. The fourth-order valence-electron chi connectivity index (χ4n) is 3.84. The molecule has 1 aliphatic carbocycles. The van der Waals surface area contributed by atoms with Crippen LogP contribution < -0.4 is 4.74 Å². The third-order valence-electron chi connectivity index (χ3n) is 5.69. The number of aromatic nitrogens is 2. The lowest BCUT2D eigenvalue weighted by Crippen LogP contribution is -2.09. The molecule has 184 valence electrons. The van der Waals surface area contributed by atoms with E-state index in [2.05, 4.69) is 9.97 Å². The van der Waals surface area contributed by atoms with Gasteiger partial charge >= 0.3 is 12.1 Å². The Labute approximate surface area is 199 Å². The zero-order valence-corrected chi connectivity index (χ0v) is 19.4. The summed E-state index contributed by atoms with van der Waals surface area (Å²) in [6, 6.07) is 6.80. The molecular formula is C26H25F3N2O4. The second-order valence-corrected chi connectivity index (χ2v) is 8.76. The Bertz CT molecular complexity index is 1340. The normalized spacial score (nSPS) is 15.2. The molecule has 1 atom stereocenters. The number of rotatable bonds is 7. The molecule has 35 heavy (non-hydrogen) atoms. The number of carbonyl (C=O) groups is 1. The van der Waals surface area contributed by atoms with Gasteiger partial charge in [0.05, 0.1) is 23.8 Å². The van der Waals surface area contributed by atoms with Crippen LogP contribution in [-0.4, -0.2) is 33.8 Å². The SMILES string of the molecule is CC(C)c1nc(C2=CCC=C(C(F)(F)F)C=C2)oc1[C@H](C)COc1ccc2[nH]c(C(=O)O)cc2c1. The predicted molar refractivity (Wildman–Crippen MR) is 126 cm³/mol. The smallest absolute Gasteiger partial charge is 0.416 e. The average molecular weight is 486 g/mol. The number of hydrogen-bond donors (Lipinski definition) is 2. The van der Waals surface area contributed by atoms with Gasteiger partial charge in [0.25, 0.3) is 0 Å². The number of aromatic carboxylic acids is 1. The van der Waals surface area contributed by atoms with Gasteiger partial charge in [-0.15, -0.1) is 0 Å². The number of nitrogens with zero attached hydrogens (tertiary/aromatic N) is 1. The van der Waals surface area contributed by atoms with E-state index in [0.29, 0.717) is 22.6 Å². The van der Waals surface area contributed by atoms with Crippen molar-refractivity contribution < 1.29 is 32.2 Å². The molecule has 0 saturated heterocycles. The van der Waals surface area contributed by atoms with Crippen molar-refractivity contribution >= 4 is 22.4 Å². The monoisotopic (exact) mass is 486 g/mol. The molecule has 2 heterocycles. The maximum Gasteiger partial charge on any atom is 0.416 e. The third kappa shape index (κ3) is 5.34. The van der Waals surface area contributed by atoms with Crippen LogP contribution in [0.2, 0.25) is 0 Å². The molecule has 1 aliphatic rings. The van der Waals surface area contributed by atoms with Crippen LogP contribution in [0.5, 0.6) is 5.75 Å². The molecule has 2 aromatic heterocycles. The standard InChI is InChI=1S/C26H25F3N2O4/c1-14(2)22-23(35-24(31-22)16-5-4-6-18(8-7-16)26(27,28)29)15(3)13-34-19-9-10-20-17(11-19)12-21(30-20)25(32)33/h5-12,14-15,30H,4,13H2,1-3H3,(H,32,33)/t15-/m1/s1. The predicted octanol–water partition coefficient (Wildman–Crippen LogP) is 6.99. The minimum atomic E-state index is -4.41. The molecule has 0 saturated carbocycles. The molecule has 0 amide bonds. The van der Waals surface area contributed by atoms with E-state index in [-0.39, 0.29) is 36.4 Å². The number of halogens is 3. The molecule has 0 fully saturated rings. The van der Waals surface area contributed by atoms with Crippen LogP contribution in [0.15, 0.2) is 58.6 Å². The van der Waals surface area contributed by atoms with E-state index in [1.807, 2.05) is 20.8 Å². The van der Waals surface area contributed by atoms with Gasteiger partial charge in [-0.1, -0.05) is 32.9 Å². The van der Waals surface area contributed by atoms with Crippen LogP contribution in [-0.2, 0) is 0 Å². The van der Waals surface area contributed by atoms with Crippen molar-refractivity contribution in [1.29, 1.82) is 0 Å². The summed E-state index contributed by atoms with van der Waals surface area (Å²) in [6.45, 7) is 6.14. The van der Waals surface area contributed by atoms with Gasteiger partial charge in [0.2, 0.25) is 5.89 Å². The summed E-state index contributed by atoms with van der Waals surface area (Å²) >= 11 is 0. The Balaban J connectivity index is 1.52. The summed E-state index contributed by atoms with van der Waals surface area (Å²) < 4.78 is 51.2. The fraction of sp³-hybridized carbons (Fsp3) is 0.308. The van der Waals surface area contributed by atoms with Crippen LogP contribution in [0.4, 0.5) is 13.2 Å². The molecule has 0 radical (unpaired) electrons. The number of carboxylic acids is 1. The van der Waals surface area contributed by atoms with Crippen LogP contribution in [0.25, 0.3) is 16.5 Å². The van der Waals surface area contributed by atoms with Gasteiger partial charge in [-0.2, -0.15) is 13.2 Å². The van der Waals surface area contributed by atoms with Crippen molar-refractivity contribution in [3.63, 3.8) is 0 Å². The Morgan fingerprint density at radius 1 is 1.20 bits per heavy atom. The molecule has 1 aromatic carbocycles. The van der Waals surface area contributed by atoms with Crippen molar-refractivity contribution in [1.82, 2.24) is 9.97 Å². The number of fused-ring (bicyclic) bond motifs is 1. The number of ether oxygens (including phenoxy) is 1. The molecule has 6 nitrogen and oxygen atoms in total. The first-order chi connectivity index (χ1) is 16.5. The summed E-state index contributed by atoms with van der Waals surface area (Å²) in [5.41, 5.74) is 1.31. The number of oxazole rings is 1. The lowest BCUT2D eigenvalue weighted by molar-refractivity contribution is -0.0883. The van der Waals surface area contributed by atoms with Crippen molar-refractivity contribution in [2.45, 2.75) is 45.2 Å². The summed E-state index contributed by atoms with van der Waals surface area (Å²) in [5, 5.41) is 9.87. The summed E-state index contributed by atoms with van der Waals surface area (Å²) in [7, 11) is 0. The highest BCUT2D eigenvalue weighted by Crippen LogP contribution is 2.34. The summed E-state index contributed by atoms with van der Waals surface area (Å²) in [6.07, 6.45) is 0.925. The number of benzene rings is 1. The second kappa shape index (κ2) is 9.48. The van der Waals surface area contributed by atoms with Gasteiger partial charge < -0.3 is 19.2 Å². The Morgan fingerprint density at radius 3 is 2.66 bits per heavy atom. The van der Waals surface area contributed by atoms with Gasteiger partial charge in [0, 0.05) is 16.5 Å². The average Bonchev–Trinajstić information content (AvgIpc) is 3.34. The van der Waals surface area contributed by atoms with Gasteiger partial charge in [0.15, 0.2) is 0 Å². The highest BCUT2D eigenvalue weighted by Gasteiger charge is 2.32. The van der Waals surface area contributed by atoms with Crippen LogP contribution >= 0.6 is 0 Å². The lowest BCUT2D eigenvalue weighted by Gasteiger charge is -2.13. The maximum absolute atomic E-state index is 13.1. The number of H-pyrrole nitrogens is 1. The van der Waals surface area contributed by atoms with Crippen molar-refractivity contribution in [2.24, 2.45) is 0 Å². The first kappa shape index (κ1) is 24.4. The molecule has 0 spiro atoms. The summed E-state index contributed by atoms with van der Waals surface area (Å²) in [5.74, 6) is 0.279. The number of hydrogen-bond acceptors (Lipinski definition) is 4. The summed E-state index contributed by atoms with van der Waals surface area (Å²) in [4.78, 5) is 18.6. The number of aromatic amines is 1. The van der Waals surface area contributed by atoms with E-state index in [1.54, 1.807) is 30.3 Å². The van der Waals surface area contributed by atoms with E-state index >= 15 is 0 Å². The quantitative estimate of drug-likeness (QED) is 0.376. The minimum absolute atomic E-state index is 0.0369. The molecule has 4 rings (SSSR count). The number of nitrogens with one attached hydrogen (secondary N) is 1. The molecule has 2 N–H and O–H groups in total. The second-order valence-electron chi connectivity index (χ2n) is 8.76. The Kier molecular flexibility index (Phi) is 6.60. The van der Waals surface area contributed by atoms with Gasteiger partial charge in [-0.05, 0) is 48.8 Å². The molecule has 0 aliphatic heterocycles. The lowest BCUT2D eigenvalue weighted by atomic mass is 10.0. The number of carboxylic acid groups (broad SMARTS) is 1. The largest absolute Gasteiger partial charge is 0.493 e. The van der Waals surface area contributed by atoms with Crippen LogP contribution in [0, 0.1) is 0 Å².